The molecule has 94 valence electrons. The fourth-order valence-corrected chi connectivity index (χ4v) is 1.53. The highest BCUT2D eigenvalue weighted by Crippen LogP contribution is 2.11. The molecule has 0 saturated carbocycles. The number of oxazole rings is 1. The number of aryl methyl sites for hydroxylation is 1. The molecule has 0 aliphatic heterocycles. The number of carbonyl (C=O) groups excluding carboxylic acids is 1. The molecule has 6 heteroatoms. The van der Waals surface area contributed by atoms with E-state index in [-0.39, 0.29) is 18.1 Å². The molecular weight excluding hydrogens is 224 g/mol. The van der Waals surface area contributed by atoms with Crippen LogP contribution in [0.5, 0.6) is 0 Å². The molecule has 0 fully saturated rings. The van der Waals surface area contributed by atoms with E-state index in [0.29, 0.717) is 25.1 Å². The normalized spacial score (nSPS) is 10.2. The van der Waals surface area contributed by atoms with Gasteiger partial charge in [-0.1, -0.05) is 13.8 Å². The molecule has 0 unspecified atom stereocenters. The average molecular weight is 240 g/mol. The summed E-state index contributed by atoms with van der Waals surface area (Å²) in [5.41, 5.74) is 0.210. The quantitative estimate of drug-likeness (QED) is 0.807. The maximum absolute atomic E-state index is 12.1. The Labute approximate surface area is 99.2 Å². The molecule has 1 N–H and O–H groups in total. The van der Waals surface area contributed by atoms with Crippen LogP contribution >= 0.6 is 0 Å². The van der Waals surface area contributed by atoms with Gasteiger partial charge in [0, 0.05) is 13.0 Å². The molecule has 1 amide bonds. The van der Waals surface area contributed by atoms with Crippen molar-refractivity contribution >= 4 is 11.9 Å². The molecule has 1 aromatic rings. The van der Waals surface area contributed by atoms with E-state index in [1.807, 2.05) is 13.8 Å². The van der Waals surface area contributed by atoms with Crippen LogP contribution in [-0.2, 0) is 11.2 Å². The third-order valence-electron chi connectivity index (χ3n) is 2.27. The lowest BCUT2D eigenvalue weighted by atomic mass is 10.2. The fourth-order valence-electron chi connectivity index (χ4n) is 1.53. The van der Waals surface area contributed by atoms with Crippen LogP contribution in [0.1, 0.15) is 36.5 Å². The van der Waals surface area contributed by atoms with Crippen molar-refractivity contribution in [3.63, 3.8) is 0 Å². The van der Waals surface area contributed by atoms with Crippen LogP contribution in [0.15, 0.2) is 10.8 Å². The Morgan fingerprint density at radius 1 is 1.47 bits per heavy atom. The first kappa shape index (κ1) is 13.2. The summed E-state index contributed by atoms with van der Waals surface area (Å²) in [7, 11) is 0. The first-order valence-corrected chi connectivity index (χ1v) is 5.53. The number of nitrogens with zero attached hydrogens (tertiary/aromatic N) is 2. The Morgan fingerprint density at radius 2 is 2.18 bits per heavy atom. The molecule has 1 aromatic heterocycles. The number of rotatable bonds is 6. The van der Waals surface area contributed by atoms with Gasteiger partial charge in [0.2, 0.25) is 0 Å². The Morgan fingerprint density at radius 3 is 2.71 bits per heavy atom. The van der Waals surface area contributed by atoms with E-state index in [9.17, 15) is 9.59 Å². The molecule has 1 heterocycles. The summed E-state index contributed by atoms with van der Waals surface area (Å²) in [5, 5.41) is 8.75. The van der Waals surface area contributed by atoms with Gasteiger partial charge in [0.05, 0.1) is 0 Å². The summed E-state index contributed by atoms with van der Waals surface area (Å²) in [6.45, 7) is 3.80. The van der Waals surface area contributed by atoms with Crippen molar-refractivity contribution in [3.8, 4) is 0 Å². The van der Waals surface area contributed by atoms with Crippen molar-refractivity contribution in [2.45, 2.75) is 26.7 Å². The summed E-state index contributed by atoms with van der Waals surface area (Å²) in [5.74, 6) is -0.935. The molecule has 1 rings (SSSR count). The molecule has 0 aromatic carbocycles. The van der Waals surface area contributed by atoms with E-state index in [1.54, 1.807) is 0 Å². The minimum atomic E-state index is -1.03. The first-order valence-electron chi connectivity index (χ1n) is 5.53. The minimum absolute atomic E-state index is 0.210. The highest BCUT2D eigenvalue weighted by atomic mass is 16.4. The highest BCUT2D eigenvalue weighted by molar-refractivity contribution is 5.94. The third-order valence-corrected chi connectivity index (χ3v) is 2.27. The van der Waals surface area contributed by atoms with Crippen LogP contribution in [0.4, 0.5) is 0 Å². The van der Waals surface area contributed by atoms with Gasteiger partial charge in [-0.15, -0.1) is 0 Å². The van der Waals surface area contributed by atoms with Gasteiger partial charge < -0.3 is 14.4 Å². The second-order valence-corrected chi connectivity index (χ2v) is 3.60. The van der Waals surface area contributed by atoms with Crippen LogP contribution in [0, 0.1) is 0 Å². The van der Waals surface area contributed by atoms with E-state index in [2.05, 4.69) is 4.98 Å². The number of hydrogen-bond acceptors (Lipinski definition) is 4. The molecule has 6 nitrogen and oxygen atoms in total. The van der Waals surface area contributed by atoms with Crippen LogP contribution in [0.25, 0.3) is 0 Å². The molecule has 0 saturated heterocycles. The minimum Gasteiger partial charge on any atom is -0.480 e. The van der Waals surface area contributed by atoms with Crippen molar-refractivity contribution in [2.75, 3.05) is 13.1 Å². The van der Waals surface area contributed by atoms with Crippen molar-refractivity contribution < 1.29 is 19.1 Å². The zero-order valence-electron chi connectivity index (χ0n) is 9.97. The lowest BCUT2D eigenvalue weighted by Crippen LogP contribution is -2.36. The van der Waals surface area contributed by atoms with Gasteiger partial charge in [0.25, 0.3) is 5.91 Å². The molecule has 17 heavy (non-hydrogen) atoms. The Hall–Kier alpha value is -1.85. The Bertz CT molecular complexity index is 400. The standard InChI is InChI=1S/C11H16N2O4/c1-3-5-13(6-9(14)15)11(16)10-8(4-2)17-7-12-10/h7H,3-6H2,1-2H3,(H,14,15). The van der Waals surface area contributed by atoms with E-state index in [4.69, 9.17) is 9.52 Å². The number of carbonyl (C=O) groups is 2. The van der Waals surface area contributed by atoms with Crippen LogP contribution in [0.3, 0.4) is 0 Å². The summed E-state index contributed by atoms with van der Waals surface area (Å²) in [4.78, 5) is 27.8. The summed E-state index contributed by atoms with van der Waals surface area (Å²) in [6.07, 6.45) is 2.45. The van der Waals surface area contributed by atoms with Crippen molar-refractivity contribution in [3.05, 3.63) is 17.8 Å². The number of aromatic nitrogens is 1. The van der Waals surface area contributed by atoms with Gasteiger partial charge in [0.1, 0.15) is 12.3 Å². The van der Waals surface area contributed by atoms with Gasteiger partial charge in [0.15, 0.2) is 12.1 Å². The Kier molecular flexibility index (Phi) is 4.68. The molecule has 0 spiro atoms. The number of carboxylic acid groups (broad SMARTS) is 1. The smallest absolute Gasteiger partial charge is 0.323 e. The molecule has 0 radical (unpaired) electrons. The predicted octanol–water partition coefficient (Wildman–Crippen LogP) is 1.17. The van der Waals surface area contributed by atoms with Crippen LogP contribution in [-0.4, -0.2) is 40.0 Å². The summed E-state index contributed by atoms with van der Waals surface area (Å²) in [6, 6.07) is 0. The Balaban J connectivity index is 2.87. The van der Waals surface area contributed by atoms with E-state index < -0.39 is 5.97 Å². The van der Waals surface area contributed by atoms with Crippen LogP contribution in [0.2, 0.25) is 0 Å². The van der Waals surface area contributed by atoms with E-state index in [0.717, 1.165) is 0 Å². The van der Waals surface area contributed by atoms with Crippen molar-refractivity contribution in [1.82, 2.24) is 9.88 Å². The summed E-state index contributed by atoms with van der Waals surface area (Å²) < 4.78 is 5.06. The monoisotopic (exact) mass is 240 g/mol. The highest BCUT2D eigenvalue weighted by Gasteiger charge is 2.23. The number of amides is 1. The fraction of sp³-hybridized carbons (Fsp3) is 0.545. The van der Waals surface area contributed by atoms with Crippen molar-refractivity contribution in [2.24, 2.45) is 0 Å². The summed E-state index contributed by atoms with van der Waals surface area (Å²) >= 11 is 0. The number of hydrogen-bond donors (Lipinski definition) is 1. The number of aliphatic carboxylic acids is 1. The van der Waals surface area contributed by atoms with Gasteiger partial charge in [-0.05, 0) is 6.42 Å². The lowest BCUT2D eigenvalue weighted by Gasteiger charge is -2.18. The van der Waals surface area contributed by atoms with E-state index >= 15 is 0 Å². The van der Waals surface area contributed by atoms with Gasteiger partial charge in [-0.3, -0.25) is 9.59 Å². The first-order chi connectivity index (χ1) is 8.10. The maximum Gasteiger partial charge on any atom is 0.323 e. The van der Waals surface area contributed by atoms with Gasteiger partial charge >= 0.3 is 5.97 Å². The number of carboxylic acids is 1. The molecule has 0 bridgehead atoms. The van der Waals surface area contributed by atoms with E-state index in [1.165, 1.54) is 11.3 Å². The maximum atomic E-state index is 12.1. The second-order valence-electron chi connectivity index (χ2n) is 3.60. The SMILES string of the molecule is CCCN(CC(=O)O)C(=O)c1ncoc1CC. The topological polar surface area (TPSA) is 83.6 Å². The molecule has 0 aliphatic carbocycles. The molecule has 0 atom stereocenters. The third kappa shape index (κ3) is 3.30. The average Bonchev–Trinajstić information content (AvgIpc) is 2.74. The molecule has 0 aliphatic rings. The van der Waals surface area contributed by atoms with Crippen molar-refractivity contribution in [1.29, 1.82) is 0 Å². The zero-order valence-corrected chi connectivity index (χ0v) is 9.97. The van der Waals surface area contributed by atoms with Gasteiger partial charge in [-0.25, -0.2) is 4.98 Å². The lowest BCUT2D eigenvalue weighted by molar-refractivity contribution is -0.137. The predicted molar refractivity (Wildman–Crippen MR) is 59.7 cm³/mol. The zero-order chi connectivity index (χ0) is 12.8. The second kappa shape index (κ2) is 6.03. The van der Waals surface area contributed by atoms with Gasteiger partial charge in [-0.2, -0.15) is 0 Å². The van der Waals surface area contributed by atoms with Crippen LogP contribution < -0.4 is 0 Å². The largest absolute Gasteiger partial charge is 0.480 e. The molecular formula is C11H16N2O4.